The van der Waals surface area contributed by atoms with Crippen molar-refractivity contribution in [2.45, 2.75) is 25.6 Å². The zero-order valence-electron chi connectivity index (χ0n) is 9.77. The quantitative estimate of drug-likeness (QED) is 0.735. The lowest BCUT2D eigenvalue weighted by atomic mass is 9.93. The molecule has 0 saturated carbocycles. The third kappa shape index (κ3) is 5.47. The predicted octanol–water partition coefficient (Wildman–Crippen LogP) is 1.64. The molecule has 0 radical (unpaired) electrons. The number of methoxy groups -OCH3 is 1. The average Bonchev–Trinajstić information content (AvgIpc) is 2.25. The molecule has 110 valence electrons. The van der Waals surface area contributed by atoms with Crippen LogP contribution < -0.4 is 0 Å². The molecule has 0 aliphatic heterocycles. The predicted molar refractivity (Wildman–Crippen MR) is 54.6 cm³/mol. The molecule has 0 heterocycles. The van der Waals surface area contributed by atoms with Crippen LogP contribution in [-0.2, 0) is 28.3 Å². The smallest absolute Gasteiger partial charge is 0.469 e. The Hall–Kier alpha value is -1.29. The molecular weight excluding hydrogens is 293 g/mol. The molecule has 0 aromatic carbocycles. The van der Waals surface area contributed by atoms with Gasteiger partial charge in [0.1, 0.15) is 5.76 Å². The molecule has 0 N–H and O–H groups in total. The molecule has 1 aliphatic rings. The number of allylic oxidation sites excluding steroid dienone is 2. The second-order valence-electron chi connectivity index (χ2n) is 3.69. The number of carbonyl (C=O) groups is 1. The SMILES string of the molecule is COC(=O)C1CC=C(OS(=O)(=O)OC(F)(F)F)CC1. The Bertz CT molecular complexity index is 467. The second-order valence-corrected chi connectivity index (χ2v) is 4.84. The Kier molecular flexibility index (Phi) is 4.80. The summed E-state index contributed by atoms with van der Waals surface area (Å²) in [6.45, 7) is 0. The van der Waals surface area contributed by atoms with Crippen LogP contribution in [0.15, 0.2) is 11.8 Å². The van der Waals surface area contributed by atoms with Crippen molar-refractivity contribution in [3.8, 4) is 0 Å². The first kappa shape index (κ1) is 15.8. The molecule has 1 rings (SSSR count). The molecule has 1 aliphatic carbocycles. The Labute approximate surface area is 107 Å². The fourth-order valence-corrected chi connectivity index (χ4v) is 2.21. The monoisotopic (exact) mass is 304 g/mol. The lowest BCUT2D eigenvalue weighted by Gasteiger charge is -2.19. The number of hydrogen-bond acceptors (Lipinski definition) is 6. The fraction of sp³-hybridized carbons (Fsp3) is 0.667. The molecule has 0 amide bonds. The number of alkyl halides is 3. The van der Waals surface area contributed by atoms with Crippen molar-refractivity contribution in [1.29, 1.82) is 0 Å². The van der Waals surface area contributed by atoms with Crippen molar-refractivity contribution in [2.24, 2.45) is 5.92 Å². The van der Waals surface area contributed by atoms with Gasteiger partial charge in [0.15, 0.2) is 0 Å². The number of carbonyl (C=O) groups excluding carboxylic acids is 1. The summed E-state index contributed by atoms with van der Waals surface area (Å²) in [5, 5.41) is 0. The molecule has 0 fully saturated rings. The van der Waals surface area contributed by atoms with Crippen molar-refractivity contribution >= 4 is 16.4 Å². The molecule has 0 saturated heterocycles. The Morgan fingerprint density at radius 1 is 1.42 bits per heavy atom. The summed E-state index contributed by atoms with van der Waals surface area (Å²) in [5.41, 5.74) is 0. The highest BCUT2D eigenvalue weighted by molar-refractivity contribution is 7.82. The van der Waals surface area contributed by atoms with Gasteiger partial charge in [-0.25, -0.2) is 0 Å². The van der Waals surface area contributed by atoms with Crippen molar-refractivity contribution in [2.75, 3.05) is 7.11 Å². The number of ether oxygens (including phenoxy) is 1. The van der Waals surface area contributed by atoms with Crippen LogP contribution in [0.25, 0.3) is 0 Å². The Morgan fingerprint density at radius 2 is 2.05 bits per heavy atom. The first-order valence-corrected chi connectivity index (χ1v) is 6.45. The third-order valence-electron chi connectivity index (χ3n) is 2.31. The van der Waals surface area contributed by atoms with Crippen LogP contribution in [0.4, 0.5) is 13.2 Å². The summed E-state index contributed by atoms with van der Waals surface area (Å²) in [5.74, 6) is -1.11. The summed E-state index contributed by atoms with van der Waals surface area (Å²) in [6.07, 6.45) is -3.77. The van der Waals surface area contributed by atoms with Gasteiger partial charge in [0.25, 0.3) is 0 Å². The van der Waals surface area contributed by atoms with Crippen LogP contribution in [0.2, 0.25) is 0 Å². The highest BCUT2D eigenvalue weighted by Crippen LogP contribution is 2.28. The van der Waals surface area contributed by atoms with Gasteiger partial charge in [-0.3, -0.25) is 4.79 Å². The van der Waals surface area contributed by atoms with E-state index in [0.717, 1.165) is 0 Å². The summed E-state index contributed by atoms with van der Waals surface area (Å²) < 4.78 is 68.5. The number of halogens is 3. The largest absolute Gasteiger partial charge is 0.539 e. The van der Waals surface area contributed by atoms with Gasteiger partial charge in [-0.2, -0.15) is 8.42 Å². The first-order valence-electron chi connectivity index (χ1n) is 5.11. The Balaban J connectivity index is 2.61. The highest BCUT2D eigenvalue weighted by atomic mass is 32.3. The lowest BCUT2D eigenvalue weighted by Crippen LogP contribution is -2.23. The van der Waals surface area contributed by atoms with E-state index in [4.69, 9.17) is 0 Å². The summed E-state index contributed by atoms with van der Waals surface area (Å²) in [6, 6.07) is 0. The first-order chi connectivity index (χ1) is 8.63. The minimum Gasteiger partial charge on any atom is -0.469 e. The summed E-state index contributed by atoms with van der Waals surface area (Å²) >= 11 is 0. The van der Waals surface area contributed by atoms with E-state index in [0.29, 0.717) is 0 Å². The van der Waals surface area contributed by atoms with E-state index in [1.165, 1.54) is 13.2 Å². The van der Waals surface area contributed by atoms with Crippen LogP contribution >= 0.6 is 0 Å². The molecule has 1 atom stereocenters. The highest BCUT2D eigenvalue weighted by Gasteiger charge is 2.39. The second kappa shape index (κ2) is 5.78. The van der Waals surface area contributed by atoms with E-state index in [1.807, 2.05) is 0 Å². The maximum atomic E-state index is 11.8. The number of rotatable bonds is 4. The zero-order chi connectivity index (χ0) is 14.7. The summed E-state index contributed by atoms with van der Waals surface area (Å²) in [4.78, 5) is 11.2. The maximum absolute atomic E-state index is 11.8. The number of esters is 1. The zero-order valence-corrected chi connectivity index (χ0v) is 10.6. The molecular formula is C9H11F3O6S. The van der Waals surface area contributed by atoms with Gasteiger partial charge in [0, 0.05) is 6.42 Å². The topological polar surface area (TPSA) is 78.9 Å². The van der Waals surface area contributed by atoms with Crippen LogP contribution in [0.1, 0.15) is 19.3 Å². The minimum atomic E-state index is -5.34. The molecule has 0 aromatic rings. The van der Waals surface area contributed by atoms with Crippen molar-refractivity contribution in [1.82, 2.24) is 0 Å². The standard InChI is InChI=1S/C9H11F3O6S/c1-16-8(13)6-2-4-7(5-3-6)17-19(14,15)18-9(10,11)12/h4,6H,2-3,5H2,1H3. The van der Waals surface area contributed by atoms with E-state index in [1.54, 1.807) is 0 Å². The molecule has 0 spiro atoms. The summed E-state index contributed by atoms with van der Waals surface area (Å²) in [7, 11) is -3.98. The molecule has 6 nitrogen and oxygen atoms in total. The van der Waals surface area contributed by atoms with Gasteiger partial charge in [-0.15, -0.1) is 17.4 Å². The molecule has 0 aromatic heterocycles. The van der Waals surface area contributed by atoms with E-state index in [-0.39, 0.29) is 25.0 Å². The minimum absolute atomic E-state index is 0.000212. The van der Waals surface area contributed by atoms with Crippen molar-refractivity contribution in [3.63, 3.8) is 0 Å². The van der Waals surface area contributed by atoms with Gasteiger partial charge in [-0.05, 0) is 18.9 Å². The molecule has 0 bridgehead atoms. The van der Waals surface area contributed by atoms with E-state index >= 15 is 0 Å². The molecule has 19 heavy (non-hydrogen) atoms. The molecule has 1 unspecified atom stereocenters. The number of hydrogen-bond donors (Lipinski definition) is 0. The van der Waals surface area contributed by atoms with Crippen LogP contribution in [0.5, 0.6) is 0 Å². The van der Waals surface area contributed by atoms with Crippen LogP contribution in [-0.4, -0.2) is 27.9 Å². The maximum Gasteiger partial charge on any atom is 0.539 e. The van der Waals surface area contributed by atoms with E-state index < -0.39 is 28.6 Å². The van der Waals surface area contributed by atoms with Crippen LogP contribution in [0.3, 0.4) is 0 Å². The van der Waals surface area contributed by atoms with Crippen molar-refractivity contribution in [3.05, 3.63) is 11.8 Å². The van der Waals surface area contributed by atoms with Gasteiger partial charge in [-0.1, -0.05) is 0 Å². The van der Waals surface area contributed by atoms with E-state index in [2.05, 4.69) is 13.1 Å². The van der Waals surface area contributed by atoms with Gasteiger partial charge in [0.2, 0.25) is 0 Å². The molecule has 10 heteroatoms. The van der Waals surface area contributed by atoms with E-state index in [9.17, 15) is 26.4 Å². The van der Waals surface area contributed by atoms with Crippen LogP contribution in [0, 0.1) is 5.92 Å². The Morgan fingerprint density at radius 3 is 2.47 bits per heavy atom. The lowest BCUT2D eigenvalue weighted by molar-refractivity contribution is -0.275. The van der Waals surface area contributed by atoms with Crippen molar-refractivity contribution < 1.29 is 39.5 Å². The van der Waals surface area contributed by atoms with Gasteiger partial charge >= 0.3 is 22.7 Å². The normalized spacial score (nSPS) is 20.6. The van der Waals surface area contributed by atoms with Gasteiger partial charge < -0.3 is 8.92 Å². The third-order valence-corrected chi connectivity index (χ3v) is 3.12. The average molecular weight is 304 g/mol. The van der Waals surface area contributed by atoms with Gasteiger partial charge in [0.05, 0.1) is 13.0 Å². The fourth-order valence-electron chi connectivity index (χ4n) is 1.53.